The number of carbonyl (C=O) groups is 5. The molecular formula is C16H30N8O7. The Hall–Kier alpha value is -3.46. The van der Waals surface area contributed by atoms with Crippen molar-refractivity contribution in [1.29, 1.82) is 0 Å². The lowest BCUT2D eigenvalue weighted by molar-refractivity contribution is -0.143. The first-order valence-electron chi connectivity index (χ1n) is 9.29. The number of rotatable bonds is 15. The number of aliphatic hydroxyl groups excluding tert-OH is 1. The third-order valence-corrected chi connectivity index (χ3v) is 3.89. The van der Waals surface area contributed by atoms with Crippen molar-refractivity contribution in [3.63, 3.8) is 0 Å². The summed E-state index contributed by atoms with van der Waals surface area (Å²) >= 11 is 0. The van der Waals surface area contributed by atoms with Crippen LogP contribution in [-0.2, 0) is 24.0 Å². The van der Waals surface area contributed by atoms with Gasteiger partial charge in [0.25, 0.3) is 0 Å². The van der Waals surface area contributed by atoms with Gasteiger partial charge in [-0.3, -0.25) is 24.2 Å². The van der Waals surface area contributed by atoms with Crippen LogP contribution in [0.5, 0.6) is 0 Å². The third kappa shape index (κ3) is 12.0. The van der Waals surface area contributed by atoms with Crippen LogP contribution in [0.2, 0.25) is 0 Å². The molecule has 0 aliphatic rings. The lowest BCUT2D eigenvalue weighted by Crippen LogP contribution is -2.56. The van der Waals surface area contributed by atoms with E-state index in [1.54, 1.807) is 0 Å². The van der Waals surface area contributed by atoms with Gasteiger partial charge in [0.05, 0.1) is 13.2 Å². The second kappa shape index (κ2) is 14.5. The highest BCUT2D eigenvalue weighted by molar-refractivity contribution is 5.93. The number of guanidine groups is 1. The van der Waals surface area contributed by atoms with Crippen molar-refractivity contribution in [3.8, 4) is 0 Å². The third-order valence-electron chi connectivity index (χ3n) is 3.89. The summed E-state index contributed by atoms with van der Waals surface area (Å²) in [4.78, 5) is 62.5. The number of nitrogens with one attached hydrogen (secondary N) is 3. The van der Waals surface area contributed by atoms with Gasteiger partial charge in [-0.05, 0) is 19.3 Å². The van der Waals surface area contributed by atoms with Crippen molar-refractivity contribution in [2.45, 2.75) is 43.8 Å². The van der Waals surface area contributed by atoms with Crippen LogP contribution in [0.15, 0.2) is 4.99 Å². The summed E-state index contributed by atoms with van der Waals surface area (Å²) in [5.41, 5.74) is 20.7. The Bertz CT molecular complexity index is 681. The molecule has 0 rings (SSSR count). The minimum absolute atomic E-state index is 0.000500. The standard InChI is InChI=1S/C16H30N8O7/c17-6-12(27)22-9(3-4-11(18)26)14(29)23-8(2-1-5-21-16(19)20)13(28)24-10(7-25)15(30)31/h8-10,25H,1-7,17H2,(H2,18,26)(H,22,27)(H,23,29)(H,24,28)(H,30,31)(H4,19,20,21). The lowest BCUT2D eigenvalue weighted by Gasteiger charge is -2.24. The van der Waals surface area contributed by atoms with Gasteiger partial charge in [-0.15, -0.1) is 0 Å². The Balaban J connectivity index is 5.39. The predicted molar refractivity (Wildman–Crippen MR) is 108 cm³/mol. The Kier molecular flexibility index (Phi) is 12.9. The van der Waals surface area contributed by atoms with E-state index in [-0.39, 0.29) is 38.2 Å². The second-order valence-electron chi connectivity index (χ2n) is 6.42. The summed E-state index contributed by atoms with van der Waals surface area (Å²) in [6.07, 6.45) is -0.146. The van der Waals surface area contributed by atoms with Crippen LogP contribution in [0.25, 0.3) is 0 Å². The fourth-order valence-corrected chi connectivity index (χ4v) is 2.31. The predicted octanol–water partition coefficient (Wildman–Crippen LogP) is -5.20. The van der Waals surface area contributed by atoms with Crippen LogP contribution in [0, 0.1) is 0 Å². The molecule has 0 fully saturated rings. The Labute approximate surface area is 178 Å². The van der Waals surface area contributed by atoms with E-state index in [0.29, 0.717) is 0 Å². The number of aliphatic hydroxyl groups is 1. The molecule has 0 spiro atoms. The number of hydrogen-bond acceptors (Lipinski definition) is 8. The van der Waals surface area contributed by atoms with Gasteiger partial charge in [0, 0.05) is 13.0 Å². The lowest BCUT2D eigenvalue weighted by atomic mass is 10.1. The molecule has 0 heterocycles. The van der Waals surface area contributed by atoms with Gasteiger partial charge in [0.1, 0.15) is 18.1 Å². The zero-order chi connectivity index (χ0) is 24.0. The van der Waals surface area contributed by atoms with E-state index in [1.807, 2.05) is 0 Å². The van der Waals surface area contributed by atoms with E-state index < -0.39 is 60.9 Å². The SMILES string of the molecule is NCC(=O)NC(CCC(N)=O)C(=O)NC(CCCN=C(N)N)C(=O)NC(CO)C(=O)O. The number of primary amides is 1. The van der Waals surface area contributed by atoms with E-state index in [4.69, 9.17) is 33.1 Å². The number of carboxylic acid groups (broad SMARTS) is 1. The van der Waals surface area contributed by atoms with E-state index in [0.717, 1.165) is 0 Å². The van der Waals surface area contributed by atoms with Crippen LogP contribution in [0.1, 0.15) is 25.7 Å². The van der Waals surface area contributed by atoms with E-state index >= 15 is 0 Å². The largest absolute Gasteiger partial charge is 0.480 e. The van der Waals surface area contributed by atoms with Gasteiger partial charge in [-0.25, -0.2) is 4.79 Å². The molecule has 31 heavy (non-hydrogen) atoms. The highest BCUT2D eigenvalue weighted by atomic mass is 16.4. The smallest absolute Gasteiger partial charge is 0.328 e. The summed E-state index contributed by atoms with van der Waals surface area (Å²) < 4.78 is 0. The Morgan fingerprint density at radius 3 is 1.87 bits per heavy atom. The minimum atomic E-state index is -1.59. The average Bonchev–Trinajstić information content (AvgIpc) is 2.70. The fourth-order valence-electron chi connectivity index (χ4n) is 2.31. The Morgan fingerprint density at radius 2 is 1.42 bits per heavy atom. The van der Waals surface area contributed by atoms with E-state index in [1.165, 1.54) is 0 Å². The van der Waals surface area contributed by atoms with Gasteiger partial charge < -0.3 is 49.1 Å². The van der Waals surface area contributed by atoms with Crippen molar-refractivity contribution in [2.75, 3.05) is 19.7 Å². The number of amides is 4. The molecule has 0 aliphatic heterocycles. The summed E-state index contributed by atoms with van der Waals surface area (Å²) in [7, 11) is 0. The molecule has 0 saturated heterocycles. The normalized spacial score (nSPS) is 13.2. The maximum absolute atomic E-state index is 12.6. The topological polar surface area (TPSA) is 278 Å². The number of carbonyl (C=O) groups excluding carboxylic acids is 4. The van der Waals surface area contributed by atoms with Crippen molar-refractivity contribution >= 4 is 35.6 Å². The van der Waals surface area contributed by atoms with Crippen molar-refractivity contribution in [2.24, 2.45) is 27.9 Å². The van der Waals surface area contributed by atoms with Crippen molar-refractivity contribution in [1.82, 2.24) is 16.0 Å². The molecule has 0 bridgehead atoms. The monoisotopic (exact) mass is 446 g/mol. The van der Waals surface area contributed by atoms with Gasteiger partial charge in [0.2, 0.25) is 23.6 Å². The number of nitrogens with two attached hydrogens (primary N) is 4. The van der Waals surface area contributed by atoms with Crippen LogP contribution in [0.3, 0.4) is 0 Å². The molecule has 0 saturated carbocycles. The molecule has 15 heteroatoms. The van der Waals surface area contributed by atoms with Gasteiger partial charge in [0.15, 0.2) is 5.96 Å². The quantitative estimate of drug-likeness (QED) is 0.0654. The van der Waals surface area contributed by atoms with Gasteiger partial charge in [-0.1, -0.05) is 0 Å². The zero-order valence-electron chi connectivity index (χ0n) is 16.9. The fraction of sp³-hybridized carbons (Fsp3) is 0.625. The minimum Gasteiger partial charge on any atom is -0.480 e. The molecular weight excluding hydrogens is 416 g/mol. The zero-order valence-corrected chi connectivity index (χ0v) is 16.9. The highest BCUT2D eigenvalue weighted by Crippen LogP contribution is 2.04. The first-order chi connectivity index (χ1) is 14.5. The summed E-state index contributed by atoms with van der Waals surface area (Å²) in [6.45, 7) is -1.16. The number of carboxylic acids is 1. The van der Waals surface area contributed by atoms with Crippen LogP contribution < -0.4 is 38.9 Å². The van der Waals surface area contributed by atoms with Crippen molar-refractivity contribution < 1.29 is 34.2 Å². The molecule has 4 amide bonds. The Morgan fingerprint density at radius 1 is 0.871 bits per heavy atom. The summed E-state index contributed by atoms with van der Waals surface area (Å²) in [5, 5.41) is 24.9. The molecule has 0 radical (unpaired) electrons. The molecule has 0 aromatic carbocycles. The van der Waals surface area contributed by atoms with Crippen LogP contribution in [0.4, 0.5) is 0 Å². The molecule has 0 aliphatic carbocycles. The van der Waals surface area contributed by atoms with Gasteiger partial charge in [-0.2, -0.15) is 0 Å². The molecule has 0 aromatic rings. The number of aliphatic imine (C=N–C) groups is 1. The van der Waals surface area contributed by atoms with Crippen LogP contribution >= 0.6 is 0 Å². The number of aliphatic carboxylic acids is 1. The average molecular weight is 446 g/mol. The molecule has 176 valence electrons. The van der Waals surface area contributed by atoms with Gasteiger partial charge >= 0.3 is 5.97 Å². The molecule has 0 aromatic heterocycles. The molecule has 13 N–H and O–H groups in total. The van der Waals surface area contributed by atoms with Crippen LogP contribution in [-0.4, -0.2) is 83.6 Å². The highest BCUT2D eigenvalue weighted by Gasteiger charge is 2.29. The second-order valence-corrected chi connectivity index (χ2v) is 6.42. The maximum atomic E-state index is 12.6. The maximum Gasteiger partial charge on any atom is 0.328 e. The van der Waals surface area contributed by atoms with E-state index in [2.05, 4.69) is 20.9 Å². The summed E-state index contributed by atoms with van der Waals surface area (Å²) in [5.74, 6) is -4.74. The number of nitrogens with zero attached hydrogens (tertiary/aromatic N) is 1. The molecule has 3 unspecified atom stereocenters. The molecule has 3 atom stereocenters. The van der Waals surface area contributed by atoms with E-state index in [9.17, 15) is 24.0 Å². The number of hydrogen-bond donors (Lipinski definition) is 9. The first kappa shape index (κ1) is 27.5. The summed E-state index contributed by atoms with van der Waals surface area (Å²) in [6, 6.07) is -4.06. The first-order valence-corrected chi connectivity index (χ1v) is 9.29. The molecule has 15 nitrogen and oxygen atoms in total. The van der Waals surface area contributed by atoms with Crippen molar-refractivity contribution in [3.05, 3.63) is 0 Å².